The fourth-order valence-electron chi connectivity index (χ4n) is 2.10. The Hall–Kier alpha value is -0.790. The van der Waals surface area contributed by atoms with Crippen LogP contribution in [0.15, 0.2) is 11.6 Å². The molecule has 1 heterocycles. The van der Waals surface area contributed by atoms with Crippen LogP contribution in [-0.2, 0) is 9.53 Å². The Bertz CT molecular complexity index is 255. The lowest BCUT2D eigenvalue weighted by Crippen LogP contribution is -2.22. The number of unbranched alkanes of at least 4 members (excludes halogenated alkanes) is 2. The maximum atomic E-state index is 11.6. The number of hydrogen-bond acceptors (Lipinski definition) is 2. The highest BCUT2D eigenvalue weighted by Crippen LogP contribution is 2.34. The number of carbonyl (C=O) groups is 1. The molecule has 1 aliphatic rings. The second kappa shape index (κ2) is 5.34. The molecule has 2 nitrogen and oxygen atoms in total. The van der Waals surface area contributed by atoms with Crippen molar-refractivity contribution in [2.75, 3.05) is 0 Å². The lowest BCUT2D eigenvalue weighted by atomic mass is 9.94. The van der Waals surface area contributed by atoms with Gasteiger partial charge in [-0.3, -0.25) is 0 Å². The fraction of sp³-hybridized carbons (Fsp3) is 0.769. The van der Waals surface area contributed by atoms with Crippen molar-refractivity contribution in [2.24, 2.45) is 0 Å². The second-order valence-electron chi connectivity index (χ2n) is 4.64. The molecule has 0 N–H and O–H groups in total. The van der Waals surface area contributed by atoms with Gasteiger partial charge in [0, 0.05) is 12.0 Å². The largest absolute Gasteiger partial charge is 0.456 e. The Morgan fingerprint density at radius 1 is 1.40 bits per heavy atom. The molecule has 1 saturated heterocycles. The summed E-state index contributed by atoms with van der Waals surface area (Å²) in [5, 5.41) is 0. The summed E-state index contributed by atoms with van der Waals surface area (Å²) in [6.45, 7) is 6.32. The predicted octanol–water partition coefficient (Wildman–Crippen LogP) is 3.61. The van der Waals surface area contributed by atoms with E-state index < -0.39 is 0 Å². The van der Waals surface area contributed by atoms with E-state index >= 15 is 0 Å². The molecule has 0 aromatic carbocycles. The van der Waals surface area contributed by atoms with Gasteiger partial charge in [-0.25, -0.2) is 4.79 Å². The third-order valence-corrected chi connectivity index (χ3v) is 2.89. The van der Waals surface area contributed by atoms with Gasteiger partial charge in [0.2, 0.25) is 0 Å². The van der Waals surface area contributed by atoms with Gasteiger partial charge in [0.15, 0.2) is 0 Å². The molecule has 0 aliphatic carbocycles. The van der Waals surface area contributed by atoms with E-state index in [0.29, 0.717) is 0 Å². The summed E-state index contributed by atoms with van der Waals surface area (Å²) in [5.74, 6) is -0.0953. The first kappa shape index (κ1) is 12.3. The van der Waals surface area contributed by atoms with E-state index in [1.54, 1.807) is 0 Å². The van der Waals surface area contributed by atoms with Gasteiger partial charge in [-0.05, 0) is 19.8 Å². The molecule has 2 heteroatoms. The first-order valence-electron chi connectivity index (χ1n) is 6.03. The monoisotopic (exact) mass is 210 g/mol. The van der Waals surface area contributed by atoms with E-state index in [1.807, 2.05) is 6.92 Å². The van der Waals surface area contributed by atoms with E-state index in [1.165, 1.54) is 6.42 Å². The normalized spacial score (nSPS) is 28.5. The average molecular weight is 210 g/mol. The number of rotatable bonds is 5. The van der Waals surface area contributed by atoms with Crippen LogP contribution >= 0.6 is 0 Å². The van der Waals surface area contributed by atoms with Crippen LogP contribution in [0, 0.1) is 0 Å². The molecule has 1 aliphatic heterocycles. The summed E-state index contributed by atoms with van der Waals surface area (Å²) in [6, 6.07) is 0. The highest BCUT2D eigenvalue weighted by Gasteiger charge is 2.38. The van der Waals surface area contributed by atoms with E-state index in [9.17, 15) is 4.79 Å². The number of ether oxygens (including phenoxy) is 1. The molecule has 0 aromatic heterocycles. The van der Waals surface area contributed by atoms with Crippen molar-refractivity contribution in [3.8, 4) is 0 Å². The minimum absolute atomic E-state index is 0.0953. The first-order chi connectivity index (χ1) is 7.11. The van der Waals surface area contributed by atoms with Crippen molar-refractivity contribution < 1.29 is 9.53 Å². The number of allylic oxidation sites excluding steroid dienone is 1. The smallest absolute Gasteiger partial charge is 0.334 e. The van der Waals surface area contributed by atoms with Crippen molar-refractivity contribution in [2.45, 2.75) is 64.9 Å². The van der Waals surface area contributed by atoms with Crippen LogP contribution in [0.1, 0.15) is 59.3 Å². The van der Waals surface area contributed by atoms with Crippen LogP contribution in [0.4, 0.5) is 0 Å². The van der Waals surface area contributed by atoms with Gasteiger partial charge in [-0.1, -0.05) is 39.2 Å². The Balaban J connectivity index is 2.55. The van der Waals surface area contributed by atoms with Crippen molar-refractivity contribution in [3.63, 3.8) is 0 Å². The molecule has 86 valence electrons. The maximum Gasteiger partial charge on any atom is 0.334 e. The molecule has 15 heavy (non-hydrogen) atoms. The van der Waals surface area contributed by atoms with Crippen molar-refractivity contribution >= 4 is 5.97 Å². The molecule has 1 rings (SSSR count). The van der Waals surface area contributed by atoms with Gasteiger partial charge in [-0.15, -0.1) is 0 Å². The van der Waals surface area contributed by atoms with Crippen LogP contribution in [0.25, 0.3) is 0 Å². The molecule has 1 unspecified atom stereocenters. The zero-order valence-electron chi connectivity index (χ0n) is 10.1. The van der Waals surface area contributed by atoms with Crippen molar-refractivity contribution in [1.29, 1.82) is 0 Å². The van der Waals surface area contributed by atoms with Crippen LogP contribution < -0.4 is 0 Å². The van der Waals surface area contributed by atoms with Gasteiger partial charge < -0.3 is 4.74 Å². The second-order valence-corrected chi connectivity index (χ2v) is 4.64. The van der Waals surface area contributed by atoms with E-state index in [4.69, 9.17) is 4.74 Å². The maximum absolute atomic E-state index is 11.6. The third kappa shape index (κ3) is 3.37. The summed E-state index contributed by atoms with van der Waals surface area (Å²) in [6.07, 6.45) is 8.21. The van der Waals surface area contributed by atoms with Crippen LogP contribution in [0.3, 0.4) is 0 Å². The minimum Gasteiger partial charge on any atom is -0.456 e. The topological polar surface area (TPSA) is 26.3 Å². The quantitative estimate of drug-likeness (QED) is 0.393. The highest BCUT2D eigenvalue weighted by atomic mass is 16.6. The number of cyclic esters (lactones) is 1. The standard InChI is InChI=1S/C13H22O2/c1-4-6-7-8-11-10-13(3,9-5-2)15-12(11)14/h8H,4-7,9-10H2,1-3H3/b11-8+. The Morgan fingerprint density at radius 2 is 2.13 bits per heavy atom. The molecule has 0 spiro atoms. The van der Waals surface area contributed by atoms with E-state index in [2.05, 4.69) is 19.9 Å². The summed E-state index contributed by atoms with van der Waals surface area (Å²) in [4.78, 5) is 11.6. The first-order valence-corrected chi connectivity index (χ1v) is 6.03. The number of esters is 1. The van der Waals surface area contributed by atoms with Gasteiger partial charge >= 0.3 is 5.97 Å². The number of hydrogen-bond donors (Lipinski definition) is 0. The summed E-state index contributed by atoms with van der Waals surface area (Å²) in [7, 11) is 0. The zero-order chi connectivity index (χ0) is 11.3. The molecular formula is C13H22O2. The van der Waals surface area contributed by atoms with Gasteiger partial charge in [0.1, 0.15) is 5.60 Å². The molecule has 0 bridgehead atoms. The third-order valence-electron chi connectivity index (χ3n) is 2.89. The molecule has 0 amide bonds. The van der Waals surface area contributed by atoms with Crippen LogP contribution in [-0.4, -0.2) is 11.6 Å². The van der Waals surface area contributed by atoms with Crippen molar-refractivity contribution in [3.05, 3.63) is 11.6 Å². The Kier molecular flexibility index (Phi) is 4.37. The molecule has 0 aromatic rings. The molecule has 1 atom stereocenters. The number of carbonyl (C=O) groups excluding carboxylic acids is 1. The minimum atomic E-state index is -0.232. The summed E-state index contributed by atoms with van der Waals surface area (Å²) >= 11 is 0. The van der Waals surface area contributed by atoms with Gasteiger partial charge in [-0.2, -0.15) is 0 Å². The Morgan fingerprint density at radius 3 is 2.73 bits per heavy atom. The SMILES string of the molecule is CCCC/C=C1\CC(C)(CCC)OC1=O. The van der Waals surface area contributed by atoms with Crippen LogP contribution in [0.2, 0.25) is 0 Å². The van der Waals surface area contributed by atoms with E-state index in [0.717, 1.165) is 37.7 Å². The summed E-state index contributed by atoms with van der Waals surface area (Å²) in [5.41, 5.74) is 0.656. The Labute approximate surface area is 92.7 Å². The van der Waals surface area contributed by atoms with Gasteiger partial charge in [0.25, 0.3) is 0 Å². The van der Waals surface area contributed by atoms with Crippen LogP contribution in [0.5, 0.6) is 0 Å². The zero-order valence-corrected chi connectivity index (χ0v) is 10.1. The molecule has 1 fully saturated rings. The molecule has 0 saturated carbocycles. The fourth-order valence-corrected chi connectivity index (χ4v) is 2.10. The highest BCUT2D eigenvalue weighted by molar-refractivity contribution is 5.91. The summed E-state index contributed by atoms with van der Waals surface area (Å²) < 4.78 is 5.43. The predicted molar refractivity (Wildman–Crippen MR) is 61.6 cm³/mol. The van der Waals surface area contributed by atoms with Crippen molar-refractivity contribution in [1.82, 2.24) is 0 Å². The average Bonchev–Trinajstić information content (AvgIpc) is 2.43. The molecule has 0 radical (unpaired) electrons. The van der Waals surface area contributed by atoms with E-state index in [-0.39, 0.29) is 11.6 Å². The van der Waals surface area contributed by atoms with Gasteiger partial charge in [0.05, 0.1) is 0 Å². The lowest BCUT2D eigenvalue weighted by molar-refractivity contribution is -0.145. The molecular weight excluding hydrogens is 188 g/mol. The lowest BCUT2D eigenvalue weighted by Gasteiger charge is -2.20.